The first-order valence-corrected chi connectivity index (χ1v) is 12.1. The summed E-state index contributed by atoms with van der Waals surface area (Å²) in [5, 5.41) is 2.61. The minimum Gasteiger partial charge on any atom is -0.318 e. The molecule has 0 saturated carbocycles. The lowest BCUT2D eigenvalue weighted by molar-refractivity contribution is -0.114. The number of sulfonamides is 1. The molecule has 0 fully saturated rings. The number of nitrogens with zero attached hydrogens (tertiary/aromatic N) is 3. The normalized spacial score (nSPS) is 11.6. The van der Waals surface area contributed by atoms with Crippen molar-refractivity contribution >= 4 is 27.3 Å². The molecule has 0 aliphatic rings. The van der Waals surface area contributed by atoms with Crippen molar-refractivity contribution in [2.45, 2.75) is 26.7 Å². The molecule has 1 heterocycles. The van der Waals surface area contributed by atoms with Gasteiger partial charge in [0.05, 0.1) is 23.3 Å². The zero-order valence-corrected chi connectivity index (χ0v) is 19.7. The van der Waals surface area contributed by atoms with Crippen molar-refractivity contribution in [3.63, 3.8) is 0 Å². The summed E-state index contributed by atoms with van der Waals surface area (Å²) in [4.78, 5) is 25.8. The molecule has 3 aromatic rings. The average molecular weight is 457 g/mol. The van der Waals surface area contributed by atoms with Crippen LogP contribution in [-0.4, -0.2) is 36.5 Å². The molecule has 2 aromatic carbocycles. The molecular weight excluding hydrogens is 428 g/mol. The lowest BCUT2D eigenvalue weighted by atomic mass is 10.0. The molecule has 0 unspecified atom stereocenters. The van der Waals surface area contributed by atoms with Crippen LogP contribution in [0.5, 0.6) is 0 Å². The van der Waals surface area contributed by atoms with E-state index in [-0.39, 0.29) is 5.69 Å². The van der Waals surface area contributed by atoms with Crippen LogP contribution in [0.1, 0.15) is 31.0 Å². The van der Waals surface area contributed by atoms with Crippen LogP contribution >= 0.6 is 0 Å². The lowest BCUT2D eigenvalue weighted by Crippen LogP contribution is -2.38. The Labute approximate surface area is 188 Å². The van der Waals surface area contributed by atoms with Gasteiger partial charge in [0.2, 0.25) is 15.9 Å². The fourth-order valence-corrected chi connectivity index (χ4v) is 4.30. The van der Waals surface area contributed by atoms with Crippen LogP contribution in [0.3, 0.4) is 0 Å². The third-order valence-corrected chi connectivity index (χ3v) is 6.49. The SMILES string of the molecule is Cc1c(NC(=O)CN(c2ccc(C(C)C)cc2)S(C)(=O)=O)c(=O)n(-c2ccccc2)n1C. The van der Waals surface area contributed by atoms with E-state index in [4.69, 9.17) is 0 Å². The number of anilines is 2. The third-order valence-electron chi connectivity index (χ3n) is 5.35. The van der Waals surface area contributed by atoms with Crippen molar-refractivity contribution in [3.8, 4) is 5.69 Å². The molecule has 8 nitrogen and oxygen atoms in total. The molecular formula is C23H28N4O4S. The van der Waals surface area contributed by atoms with Gasteiger partial charge < -0.3 is 5.32 Å². The lowest BCUT2D eigenvalue weighted by Gasteiger charge is -2.22. The highest BCUT2D eigenvalue weighted by Gasteiger charge is 2.23. The van der Waals surface area contributed by atoms with E-state index in [1.165, 1.54) is 4.68 Å². The predicted octanol–water partition coefficient (Wildman–Crippen LogP) is 3.01. The van der Waals surface area contributed by atoms with Gasteiger partial charge >= 0.3 is 0 Å². The van der Waals surface area contributed by atoms with Crippen molar-refractivity contribution in [2.75, 3.05) is 22.4 Å². The van der Waals surface area contributed by atoms with E-state index in [0.717, 1.165) is 16.1 Å². The van der Waals surface area contributed by atoms with Crippen LogP contribution in [0.25, 0.3) is 5.69 Å². The van der Waals surface area contributed by atoms with Crippen LogP contribution in [0.15, 0.2) is 59.4 Å². The number of hydrogen-bond donors (Lipinski definition) is 1. The summed E-state index contributed by atoms with van der Waals surface area (Å²) >= 11 is 0. The van der Waals surface area contributed by atoms with Crippen molar-refractivity contribution in [3.05, 3.63) is 76.2 Å². The summed E-state index contributed by atoms with van der Waals surface area (Å²) in [6.07, 6.45) is 1.05. The maximum absolute atomic E-state index is 13.0. The van der Waals surface area contributed by atoms with Crippen molar-refractivity contribution in [1.82, 2.24) is 9.36 Å². The Morgan fingerprint density at radius 2 is 1.66 bits per heavy atom. The summed E-state index contributed by atoms with van der Waals surface area (Å²) in [7, 11) is -2.00. The number of nitrogens with one attached hydrogen (secondary N) is 1. The number of para-hydroxylation sites is 1. The fourth-order valence-electron chi connectivity index (χ4n) is 3.45. The van der Waals surface area contributed by atoms with Gasteiger partial charge in [0.1, 0.15) is 12.2 Å². The van der Waals surface area contributed by atoms with Gasteiger partial charge in [-0.3, -0.25) is 18.6 Å². The van der Waals surface area contributed by atoms with Gasteiger partial charge in [0, 0.05) is 7.05 Å². The number of hydrogen-bond acceptors (Lipinski definition) is 4. The average Bonchev–Trinajstić information content (AvgIpc) is 2.95. The second-order valence-electron chi connectivity index (χ2n) is 8.00. The second kappa shape index (κ2) is 9.04. The van der Waals surface area contributed by atoms with Crippen LogP contribution in [0.2, 0.25) is 0 Å². The molecule has 0 aliphatic carbocycles. The molecule has 0 aliphatic heterocycles. The number of amides is 1. The number of aromatic nitrogens is 2. The van der Waals surface area contributed by atoms with Crippen molar-refractivity contribution in [1.29, 1.82) is 0 Å². The minimum atomic E-state index is -3.72. The summed E-state index contributed by atoms with van der Waals surface area (Å²) in [6, 6.07) is 16.1. The largest absolute Gasteiger partial charge is 0.318 e. The molecule has 1 aromatic heterocycles. The van der Waals surface area contributed by atoms with Crippen LogP contribution in [-0.2, 0) is 21.9 Å². The van der Waals surface area contributed by atoms with E-state index in [2.05, 4.69) is 5.32 Å². The zero-order valence-electron chi connectivity index (χ0n) is 18.9. The first-order valence-electron chi connectivity index (χ1n) is 10.2. The Hall–Kier alpha value is -3.33. The van der Waals surface area contributed by atoms with E-state index < -0.39 is 28.0 Å². The molecule has 32 heavy (non-hydrogen) atoms. The summed E-state index contributed by atoms with van der Waals surface area (Å²) < 4.78 is 28.9. The van der Waals surface area contributed by atoms with Gasteiger partial charge in [-0.05, 0) is 42.7 Å². The zero-order chi connectivity index (χ0) is 23.6. The quantitative estimate of drug-likeness (QED) is 0.591. The monoisotopic (exact) mass is 456 g/mol. The molecule has 170 valence electrons. The standard InChI is InChI=1S/C23H28N4O4S/c1-16(2)18-11-13-19(14-12-18)26(32(5,30)31)15-21(28)24-22-17(3)25(4)27(23(22)29)20-9-7-6-8-10-20/h6-14,16H,15H2,1-5H3,(H,24,28). The third kappa shape index (κ3) is 4.77. The summed E-state index contributed by atoms with van der Waals surface area (Å²) in [5.74, 6) is -0.304. The first-order chi connectivity index (χ1) is 15.0. The summed E-state index contributed by atoms with van der Waals surface area (Å²) in [5.41, 5.74) is 2.39. The predicted molar refractivity (Wildman–Crippen MR) is 127 cm³/mol. The molecule has 0 radical (unpaired) electrons. The second-order valence-corrected chi connectivity index (χ2v) is 9.91. The molecule has 1 amide bonds. The highest BCUT2D eigenvalue weighted by molar-refractivity contribution is 7.92. The summed E-state index contributed by atoms with van der Waals surface area (Å²) in [6.45, 7) is 5.36. The molecule has 0 atom stereocenters. The van der Waals surface area contributed by atoms with Crippen LogP contribution in [0.4, 0.5) is 11.4 Å². The molecule has 0 saturated heterocycles. The van der Waals surface area contributed by atoms with Gasteiger partial charge in [-0.1, -0.05) is 44.2 Å². The number of carbonyl (C=O) groups excluding carboxylic acids is 1. The van der Waals surface area contributed by atoms with Crippen LogP contribution < -0.4 is 15.2 Å². The Balaban J connectivity index is 1.89. The van der Waals surface area contributed by atoms with Crippen LogP contribution in [0, 0.1) is 6.92 Å². The van der Waals surface area contributed by atoms with Gasteiger partial charge in [-0.2, -0.15) is 0 Å². The number of carbonyl (C=O) groups is 1. The minimum absolute atomic E-state index is 0.116. The van der Waals surface area contributed by atoms with E-state index >= 15 is 0 Å². The van der Waals surface area contributed by atoms with E-state index in [1.54, 1.807) is 42.9 Å². The Morgan fingerprint density at radius 3 is 2.19 bits per heavy atom. The highest BCUT2D eigenvalue weighted by atomic mass is 32.2. The Morgan fingerprint density at radius 1 is 1.06 bits per heavy atom. The van der Waals surface area contributed by atoms with E-state index in [0.29, 0.717) is 23.0 Å². The maximum Gasteiger partial charge on any atom is 0.295 e. The van der Waals surface area contributed by atoms with Crippen molar-refractivity contribution < 1.29 is 13.2 Å². The van der Waals surface area contributed by atoms with Gasteiger partial charge in [-0.25, -0.2) is 13.1 Å². The fraction of sp³-hybridized carbons (Fsp3) is 0.304. The topological polar surface area (TPSA) is 93.4 Å². The van der Waals surface area contributed by atoms with E-state index in [1.807, 2.05) is 44.2 Å². The molecule has 3 rings (SSSR count). The first kappa shape index (κ1) is 23.3. The van der Waals surface area contributed by atoms with Gasteiger partial charge in [-0.15, -0.1) is 0 Å². The Kier molecular flexibility index (Phi) is 6.59. The number of benzene rings is 2. The highest BCUT2D eigenvalue weighted by Crippen LogP contribution is 2.22. The Bertz CT molecular complexity index is 1270. The smallest absolute Gasteiger partial charge is 0.295 e. The molecule has 0 bridgehead atoms. The van der Waals surface area contributed by atoms with E-state index in [9.17, 15) is 18.0 Å². The van der Waals surface area contributed by atoms with Gasteiger partial charge in [0.25, 0.3) is 5.56 Å². The molecule has 0 spiro atoms. The van der Waals surface area contributed by atoms with Gasteiger partial charge in [0.15, 0.2) is 0 Å². The molecule has 1 N–H and O–H groups in total. The molecule has 9 heteroatoms. The maximum atomic E-state index is 13.0. The number of rotatable bonds is 7. The van der Waals surface area contributed by atoms with Crippen molar-refractivity contribution in [2.24, 2.45) is 7.05 Å².